The summed E-state index contributed by atoms with van der Waals surface area (Å²) in [5, 5.41) is 6.17. The lowest BCUT2D eigenvalue weighted by Crippen LogP contribution is -2.30. The monoisotopic (exact) mass is 442 g/mol. The first-order valence-electron chi connectivity index (χ1n) is 10.1. The smallest absolute Gasteiger partial charge is 0.433 e. The van der Waals surface area contributed by atoms with Gasteiger partial charge in [-0.25, -0.2) is 9.37 Å². The molecule has 1 aliphatic heterocycles. The molecule has 0 amide bonds. The van der Waals surface area contributed by atoms with E-state index in [1.54, 1.807) is 30.3 Å². The number of alkyl halides is 3. The molecule has 3 aromatic rings. The van der Waals surface area contributed by atoms with Crippen LogP contribution >= 0.6 is 0 Å². The topological polar surface area (TPSA) is 58.5 Å². The fraction of sp³-hybridized carbons (Fsp3) is 0.217. The van der Waals surface area contributed by atoms with Crippen molar-refractivity contribution >= 4 is 23.2 Å². The number of ether oxygens (including phenoxy) is 1. The Bertz CT molecular complexity index is 1210. The van der Waals surface area contributed by atoms with Gasteiger partial charge in [0.15, 0.2) is 0 Å². The Kier molecular flexibility index (Phi) is 4.96. The quantitative estimate of drug-likeness (QED) is 0.505. The molecule has 0 bridgehead atoms. The van der Waals surface area contributed by atoms with Gasteiger partial charge in [-0.15, -0.1) is 0 Å². The molecule has 32 heavy (non-hydrogen) atoms. The summed E-state index contributed by atoms with van der Waals surface area (Å²) >= 11 is 0. The van der Waals surface area contributed by atoms with Gasteiger partial charge in [0.1, 0.15) is 23.9 Å². The van der Waals surface area contributed by atoms with E-state index in [0.29, 0.717) is 17.4 Å². The fourth-order valence-electron chi connectivity index (χ4n) is 3.94. The molecule has 1 aromatic heterocycles. The van der Waals surface area contributed by atoms with Crippen molar-refractivity contribution in [3.63, 3.8) is 0 Å². The highest BCUT2D eigenvalue weighted by Crippen LogP contribution is 2.34. The Hall–Kier alpha value is -3.62. The van der Waals surface area contributed by atoms with E-state index < -0.39 is 11.9 Å². The summed E-state index contributed by atoms with van der Waals surface area (Å²) in [4.78, 5) is 8.13. The first-order chi connectivity index (χ1) is 15.3. The third kappa shape index (κ3) is 4.10. The number of nitrogens with zero attached hydrogens (tertiary/aromatic N) is 2. The minimum absolute atomic E-state index is 0.00109. The van der Waals surface area contributed by atoms with Gasteiger partial charge in [0.2, 0.25) is 0 Å². The third-order valence-electron chi connectivity index (χ3n) is 5.46. The van der Waals surface area contributed by atoms with Crippen LogP contribution in [0.2, 0.25) is 0 Å². The van der Waals surface area contributed by atoms with Gasteiger partial charge in [-0.05, 0) is 66.4 Å². The van der Waals surface area contributed by atoms with Crippen LogP contribution in [0, 0.1) is 5.82 Å². The first-order valence-corrected chi connectivity index (χ1v) is 10.1. The summed E-state index contributed by atoms with van der Waals surface area (Å²) in [6, 6.07) is 14.1. The molecule has 1 unspecified atom stereocenters. The second-order valence-corrected chi connectivity index (χ2v) is 7.66. The zero-order valence-electron chi connectivity index (χ0n) is 16.7. The second-order valence-electron chi connectivity index (χ2n) is 7.66. The van der Waals surface area contributed by atoms with E-state index in [9.17, 15) is 17.6 Å². The van der Waals surface area contributed by atoms with Crippen molar-refractivity contribution in [2.24, 2.45) is 4.99 Å². The lowest BCUT2D eigenvalue weighted by molar-refractivity contribution is -0.141. The van der Waals surface area contributed by atoms with Gasteiger partial charge < -0.3 is 15.4 Å². The molecule has 1 atom stereocenters. The Labute approximate surface area is 181 Å². The molecule has 5 rings (SSSR count). The zero-order valence-corrected chi connectivity index (χ0v) is 16.7. The van der Waals surface area contributed by atoms with Crippen molar-refractivity contribution < 1.29 is 22.3 Å². The van der Waals surface area contributed by atoms with Crippen LogP contribution in [0.3, 0.4) is 0 Å². The maximum absolute atomic E-state index is 13.4. The molecule has 0 saturated heterocycles. The third-order valence-corrected chi connectivity index (χ3v) is 5.46. The van der Waals surface area contributed by atoms with E-state index in [-0.39, 0.29) is 24.3 Å². The average molecular weight is 442 g/mol. The maximum atomic E-state index is 13.4. The Morgan fingerprint density at radius 2 is 1.88 bits per heavy atom. The molecule has 1 aliphatic carbocycles. The van der Waals surface area contributed by atoms with Crippen molar-refractivity contribution in [3.8, 4) is 0 Å². The first kappa shape index (κ1) is 20.3. The average Bonchev–Trinajstić information content (AvgIpc) is 3.15. The second kappa shape index (κ2) is 7.81. The number of aliphatic imine (C=N–C) groups is 1. The van der Waals surface area contributed by atoms with Crippen molar-refractivity contribution in [2.75, 3.05) is 5.32 Å². The van der Waals surface area contributed by atoms with Crippen LogP contribution in [0.15, 0.2) is 59.6 Å². The number of aryl methyl sites for hydroxylation is 1. The molecule has 0 spiro atoms. The summed E-state index contributed by atoms with van der Waals surface area (Å²) in [5.74, 6) is -0.145. The molecule has 164 valence electrons. The van der Waals surface area contributed by atoms with E-state index in [1.165, 1.54) is 18.2 Å². The van der Waals surface area contributed by atoms with Gasteiger partial charge in [0.05, 0.1) is 11.7 Å². The summed E-state index contributed by atoms with van der Waals surface area (Å²) in [6.07, 6.45) is -2.90. The fourth-order valence-corrected chi connectivity index (χ4v) is 3.94. The number of hydrogen-bond acceptors (Lipinski definition) is 5. The molecule has 9 heteroatoms. The molecule has 0 fully saturated rings. The zero-order chi connectivity index (χ0) is 22.3. The number of nitrogens with one attached hydrogen (secondary N) is 2. The van der Waals surface area contributed by atoms with Crippen molar-refractivity contribution in [2.45, 2.75) is 31.7 Å². The molecule has 2 aliphatic rings. The van der Waals surface area contributed by atoms with E-state index in [1.807, 2.05) is 0 Å². The molecule has 0 saturated carbocycles. The summed E-state index contributed by atoms with van der Waals surface area (Å²) < 4.78 is 57.8. The van der Waals surface area contributed by atoms with E-state index in [0.717, 1.165) is 35.6 Å². The Morgan fingerprint density at radius 1 is 1.00 bits per heavy atom. The highest BCUT2D eigenvalue weighted by atomic mass is 19.4. The Balaban J connectivity index is 1.31. The predicted octanol–water partition coefficient (Wildman–Crippen LogP) is 5.78. The van der Waals surface area contributed by atoms with Crippen LogP contribution in [0.5, 0.6) is 0 Å². The minimum atomic E-state index is -4.51. The molecular weight excluding hydrogens is 424 g/mol. The van der Waals surface area contributed by atoms with Crippen molar-refractivity contribution in [1.82, 2.24) is 10.3 Å². The van der Waals surface area contributed by atoms with Gasteiger partial charge in [-0.2, -0.15) is 18.2 Å². The van der Waals surface area contributed by atoms with Gasteiger partial charge in [0.25, 0.3) is 6.02 Å². The highest BCUT2D eigenvalue weighted by Gasteiger charge is 2.32. The number of pyridine rings is 1. The summed E-state index contributed by atoms with van der Waals surface area (Å²) in [6.45, 7) is 0.260. The molecular formula is C23H18F4N4O. The van der Waals surface area contributed by atoms with Crippen molar-refractivity contribution in [3.05, 3.63) is 82.8 Å². The standard InChI is InChI=1S/C23H18F4N4O/c24-15-5-7-17-13(10-15)4-8-19(17)30-22-29-18-9-6-16(11-14(18)12-32-22)28-21-3-1-2-20(31-21)23(25,26)27/h1-3,5-7,9-11,19H,4,8,12H2,(H,28,31)(H,29,30). The van der Waals surface area contributed by atoms with E-state index in [2.05, 4.69) is 20.6 Å². The maximum Gasteiger partial charge on any atom is 0.433 e. The van der Waals surface area contributed by atoms with Gasteiger partial charge in [0, 0.05) is 11.3 Å². The lowest BCUT2D eigenvalue weighted by Gasteiger charge is -2.22. The number of amidine groups is 1. The van der Waals surface area contributed by atoms with Crippen LogP contribution in [0.1, 0.15) is 34.8 Å². The van der Waals surface area contributed by atoms with E-state index >= 15 is 0 Å². The van der Waals surface area contributed by atoms with Gasteiger partial charge in [-0.1, -0.05) is 12.1 Å². The van der Waals surface area contributed by atoms with Crippen LogP contribution in [-0.2, 0) is 23.9 Å². The number of anilines is 2. The molecule has 0 radical (unpaired) electrons. The number of aromatic nitrogens is 1. The number of fused-ring (bicyclic) bond motifs is 2. The number of hydrogen-bond donors (Lipinski definition) is 2. The largest absolute Gasteiger partial charge is 0.460 e. The summed E-state index contributed by atoms with van der Waals surface area (Å²) in [5.41, 5.74) is 3.15. The number of rotatable bonds is 3. The summed E-state index contributed by atoms with van der Waals surface area (Å²) in [7, 11) is 0. The minimum Gasteiger partial charge on any atom is -0.460 e. The number of halogens is 4. The predicted molar refractivity (Wildman–Crippen MR) is 111 cm³/mol. The Morgan fingerprint density at radius 3 is 2.72 bits per heavy atom. The molecule has 2 heterocycles. The van der Waals surface area contributed by atoms with Crippen LogP contribution in [0.25, 0.3) is 0 Å². The molecule has 2 N–H and O–H groups in total. The lowest BCUT2D eigenvalue weighted by atomic mass is 10.1. The van der Waals surface area contributed by atoms with Gasteiger partial charge in [-0.3, -0.25) is 0 Å². The van der Waals surface area contributed by atoms with E-state index in [4.69, 9.17) is 4.74 Å². The normalized spacial score (nSPS) is 17.1. The van der Waals surface area contributed by atoms with Crippen molar-refractivity contribution in [1.29, 1.82) is 0 Å². The van der Waals surface area contributed by atoms with Crippen LogP contribution in [-0.4, -0.2) is 11.0 Å². The van der Waals surface area contributed by atoms with Gasteiger partial charge >= 0.3 is 6.18 Å². The molecule has 5 nitrogen and oxygen atoms in total. The molecule has 2 aromatic carbocycles. The van der Waals surface area contributed by atoms with Crippen LogP contribution < -0.4 is 10.6 Å². The number of benzene rings is 2. The SMILES string of the molecule is Fc1ccc2c(c1)CCC2NC1=Nc2ccc(Nc3cccc(C(F)(F)F)n3)cc2CO1. The highest BCUT2D eigenvalue weighted by molar-refractivity contribution is 5.80. The van der Waals surface area contributed by atoms with Crippen LogP contribution in [0.4, 0.5) is 34.8 Å².